The summed E-state index contributed by atoms with van der Waals surface area (Å²) in [5.41, 5.74) is 5.41. The molecule has 2 saturated carbocycles. The fourth-order valence-corrected chi connectivity index (χ4v) is 6.41. The van der Waals surface area contributed by atoms with Gasteiger partial charge in [-0.1, -0.05) is 107 Å². The Bertz CT molecular complexity index is 1390. The average Bonchev–Trinajstić information content (AvgIpc) is 3.11. The van der Waals surface area contributed by atoms with Gasteiger partial charge >= 0.3 is 0 Å². The second kappa shape index (κ2) is 15.4. The molecule has 2 aliphatic rings. The third kappa shape index (κ3) is 10.7. The molecule has 246 valence electrons. The molecule has 5 heteroatoms. The Balaban J connectivity index is 1.97. The molecular formula is C40H56O5. The number of carbonyl (C=O) groups is 1. The van der Waals surface area contributed by atoms with E-state index in [4.69, 9.17) is 0 Å². The maximum absolute atomic E-state index is 13.0. The van der Waals surface area contributed by atoms with E-state index in [0.717, 1.165) is 22.3 Å². The molecule has 0 bridgehead atoms. The van der Waals surface area contributed by atoms with Gasteiger partial charge in [0.25, 0.3) is 0 Å². The first kappa shape index (κ1) is 38.0. The Kier molecular flexibility index (Phi) is 13.0. The third-order valence-electron chi connectivity index (χ3n) is 9.39. The van der Waals surface area contributed by atoms with E-state index < -0.39 is 23.2 Å². The van der Waals surface area contributed by atoms with Gasteiger partial charge < -0.3 is 20.4 Å². The Morgan fingerprint density at radius 1 is 0.733 bits per heavy atom. The molecular weight excluding hydrogens is 560 g/mol. The maximum atomic E-state index is 13.0. The highest BCUT2D eigenvalue weighted by atomic mass is 16.3. The van der Waals surface area contributed by atoms with E-state index in [1.807, 2.05) is 116 Å². The quantitative estimate of drug-likeness (QED) is 0.0852. The Morgan fingerprint density at radius 3 is 1.76 bits per heavy atom. The maximum Gasteiger partial charge on any atom is 0.165 e. The molecule has 0 aliphatic heterocycles. The van der Waals surface area contributed by atoms with Crippen molar-refractivity contribution in [3.8, 4) is 0 Å². The van der Waals surface area contributed by atoms with Gasteiger partial charge in [0.2, 0.25) is 0 Å². The molecule has 0 amide bonds. The minimum absolute atomic E-state index is 0.0570. The fraction of sp³-hybridized carbons (Fsp3) is 0.500. The van der Waals surface area contributed by atoms with Gasteiger partial charge in [0.15, 0.2) is 5.78 Å². The van der Waals surface area contributed by atoms with Crippen LogP contribution in [0.2, 0.25) is 0 Å². The van der Waals surface area contributed by atoms with Gasteiger partial charge in [-0.25, -0.2) is 0 Å². The first-order chi connectivity index (χ1) is 20.7. The normalized spacial score (nSPS) is 30.1. The Morgan fingerprint density at radius 2 is 1.24 bits per heavy atom. The lowest BCUT2D eigenvalue weighted by molar-refractivity contribution is -0.127. The van der Waals surface area contributed by atoms with Crippen molar-refractivity contribution < 1.29 is 25.2 Å². The highest BCUT2D eigenvalue weighted by Gasteiger charge is 2.53. The molecule has 45 heavy (non-hydrogen) atoms. The van der Waals surface area contributed by atoms with Crippen LogP contribution in [0.15, 0.2) is 112 Å². The fourth-order valence-electron chi connectivity index (χ4n) is 6.41. The zero-order chi connectivity index (χ0) is 34.2. The van der Waals surface area contributed by atoms with Gasteiger partial charge in [0.1, 0.15) is 5.76 Å². The molecule has 0 unspecified atom stereocenters. The van der Waals surface area contributed by atoms with Crippen LogP contribution in [-0.4, -0.2) is 44.0 Å². The van der Waals surface area contributed by atoms with Crippen molar-refractivity contribution in [1.29, 1.82) is 0 Å². The lowest BCUT2D eigenvalue weighted by Crippen LogP contribution is -2.45. The number of aliphatic hydroxyl groups is 4. The smallest absolute Gasteiger partial charge is 0.165 e. The molecule has 0 aromatic rings. The molecule has 4 N–H and O–H groups in total. The van der Waals surface area contributed by atoms with Crippen LogP contribution in [0, 0.1) is 16.2 Å². The molecule has 2 rings (SSSR count). The van der Waals surface area contributed by atoms with Gasteiger partial charge in [0.05, 0.1) is 17.8 Å². The van der Waals surface area contributed by atoms with Crippen molar-refractivity contribution in [2.24, 2.45) is 16.2 Å². The first-order valence-corrected chi connectivity index (χ1v) is 15.9. The molecule has 0 spiro atoms. The second-order valence-electron chi connectivity index (χ2n) is 14.7. The van der Waals surface area contributed by atoms with Crippen LogP contribution in [0.3, 0.4) is 0 Å². The summed E-state index contributed by atoms with van der Waals surface area (Å²) in [5, 5.41) is 41.6. The van der Waals surface area contributed by atoms with Crippen molar-refractivity contribution in [3.63, 3.8) is 0 Å². The average molecular weight is 617 g/mol. The van der Waals surface area contributed by atoms with Crippen LogP contribution in [0.1, 0.15) is 94.9 Å². The van der Waals surface area contributed by atoms with E-state index in [2.05, 4.69) is 5.73 Å². The van der Waals surface area contributed by atoms with E-state index in [1.54, 1.807) is 19.9 Å². The molecule has 0 aromatic carbocycles. The van der Waals surface area contributed by atoms with Gasteiger partial charge in [-0.15, -0.1) is 5.73 Å². The van der Waals surface area contributed by atoms with Crippen molar-refractivity contribution in [3.05, 3.63) is 112 Å². The standard InChI is InChI=1S/C40H56O5/c1-28(17-13-18-30(3)21-22-35-37(5,6)24-32(41)27-40(35,10)45)15-11-12-16-29(2)19-14-20-31(4)34(43)23-36(44)39(9)26-33(42)25-38(39,7)8/h11-21,23,32-33,41-43,45H,24-27H2,1-10H3/b12-11+,17-13+,19-14+,28-15+,29-16+,30-18+,31-20+,34-23-/t22?,32-,33+,39+,40+/m0/s1. The lowest BCUT2D eigenvalue weighted by Gasteiger charge is -2.43. The molecule has 4 atom stereocenters. The van der Waals surface area contributed by atoms with Crippen molar-refractivity contribution in [2.75, 3.05) is 0 Å². The van der Waals surface area contributed by atoms with E-state index in [9.17, 15) is 25.2 Å². The van der Waals surface area contributed by atoms with Gasteiger partial charge in [0, 0.05) is 23.5 Å². The molecule has 2 aliphatic carbocycles. The van der Waals surface area contributed by atoms with Crippen LogP contribution in [0.25, 0.3) is 0 Å². The summed E-state index contributed by atoms with van der Waals surface area (Å²) in [6.45, 7) is 19.4. The molecule has 0 radical (unpaired) electrons. The second-order valence-corrected chi connectivity index (χ2v) is 14.7. The van der Waals surface area contributed by atoms with Crippen molar-refractivity contribution in [1.82, 2.24) is 0 Å². The number of ketones is 1. The number of aliphatic hydroxyl groups excluding tert-OH is 3. The SMILES string of the molecule is C\C(C=C=C1C(C)(C)C[C@H](O)C[C@@]1(C)O)=C/C=C/C(C)=C/C=C/C=C(C)/C=C/C=C(C)/C(O)=C/C(=O)[C@@]1(C)C[C@H](O)CC1(C)C. The van der Waals surface area contributed by atoms with Crippen LogP contribution in [-0.2, 0) is 4.79 Å². The Hall–Kier alpha value is -3.21. The number of hydrogen-bond donors (Lipinski definition) is 4. The van der Waals surface area contributed by atoms with Crippen LogP contribution in [0.4, 0.5) is 0 Å². The molecule has 2 fully saturated rings. The third-order valence-corrected chi connectivity index (χ3v) is 9.39. The summed E-state index contributed by atoms with van der Waals surface area (Å²) in [6.07, 6.45) is 23.6. The van der Waals surface area contributed by atoms with Crippen LogP contribution >= 0.6 is 0 Å². The summed E-state index contributed by atoms with van der Waals surface area (Å²) in [7, 11) is 0. The summed E-state index contributed by atoms with van der Waals surface area (Å²) < 4.78 is 0. The largest absolute Gasteiger partial charge is 0.508 e. The van der Waals surface area contributed by atoms with Crippen molar-refractivity contribution in [2.45, 2.75) is 113 Å². The minimum atomic E-state index is -1.07. The van der Waals surface area contributed by atoms with E-state index in [1.165, 1.54) is 6.08 Å². The Labute approximate surface area is 271 Å². The highest BCUT2D eigenvalue weighted by molar-refractivity contribution is 5.96. The predicted octanol–water partition coefficient (Wildman–Crippen LogP) is 8.65. The molecule has 5 nitrogen and oxygen atoms in total. The number of carbonyl (C=O) groups excluding carboxylic acids is 1. The minimum Gasteiger partial charge on any atom is -0.508 e. The van der Waals surface area contributed by atoms with E-state index in [-0.39, 0.29) is 22.4 Å². The topological polar surface area (TPSA) is 98.0 Å². The van der Waals surface area contributed by atoms with Crippen LogP contribution in [0.5, 0.6) is 0 Å². The van der Waals surface area contributed by atoms with Crippen LogP contribution < -0.4 is 0 Å². The molecule has 0 heterocycles. The van der Waals surface area contributed by atoms with E-state index in [0.29, 0.717) is 31.3 Å². The highest BCUT2D eigenvalue weighted by Crippen LogP contribution is 2.53. The van der Waals surface area contributed by atoms with Gasteiger partial charge in [-0.05, 0) is 81.9 Å². The summed E-state index contributed by atoms with van der Waals surface area (Å²) in [5.74, 6) is -0.215. The molecule has 0 saturated heterocycles. The zero-order valence-electron chi connectivity index (χ0n) is 29.1. The number of rotatable bonds is 10. The van der Waals surface area contributed by atoms with Crippen molar-refractivity contribution >= 4 is 5.78 Å². The number of hydrogen-bond acceptors (Lipinski definition) is 5. The lowest BCUT2D eigenvalue weighted by atomic mass is 9.65. The predicted molar refractivity (Wildman–Crippen MR) is 187 cm³/mol. The monoisotopic (exact) mass is 616 g/mol. The first-order valence-electron chi connectivity index (χ1n) is 15.9. The molecule has 0 aromatic heterocycles. The summed E-state index contributed by atoms with van der Waals surface area (Å²) in [6, 6.07) is 0. The summed E-state index contributed by atoms with van der Waals surface area (Å²) >= 11 is 0. The number of allylic oxidation sites excluding steroid dienone is 15. The van der Waals surface area contributed by atoms with E-state index >= 15 is 0 Å². The van der Waals surface area contributed by atoms with Gasteiger partial charge in [-0.3, -0.25) is 4.79 Å². The summed E-state index contributed by atoms with van der Waals surface area (Å²) in [4.78, 5) is 13.0. The zero-order valence-corrected chi connectivity index (χ0v) is 29.1. The van der Waals surface area contributed by atoms with Gasteiger partial charge in [-0.2, -0.15) is 0 Å².